The highest BCUT2D eigenvalue weighted by Crippen LogP contribution is 2.21. The predicted octanol–water partition coefficient (Wildman–Crippen LogP) is 3.26. The van der Waals surface area contributed by atoms with Gasteiger partial charge in [-0.15, -0.1) is 0 Å². The van der Waals surface area contributed by atoms with Crippen LogP contribution in [0.15, 0.2) is 36.5 Å². The number of hydrogen-bond donors (Lipinski definition) is 1. The molecule has 3 aromatic rings. The van der Waals surface area contributed by atoms with Crippen molar-refractivity contribution >= 4 is 16.8 Å². The minimum atomic E-state index is -0.0457. The predicted molar refractivity (Wildman–Crippen MR) is 99.4 cm³/mol. The number of aryl methyl sites for hydroxylation is 2. The van der Waals surface area contributed by atoms with Crippen molar-refractivity contribution in [3.05, 3.63) is 53.6 Å². The highest BCUT2D eigenvalue weighted by Gasteiger charge is 2.26. The quantitative estimate of drug-likeness (QED) is 0.787. The number of carbonyl (C=O) groups excluding carboxylic acids is 1. The lowest BCUT2D eigenvalue weighted by molar-refractivity contribution is 0.0527. The van der Waals surface area contributed by atoms with Gasteiger partial charge in [-0.25, -0.2) is 4.98 Å². The Morgan fingerprint density at radius 1 is 1.23 bits per heavy atom. The van der Waals surface area contributed by atoms with Crippen molar-refractivity contribution in [1.82, 2.24) is 19.9 Å². The van der Waals surface area contributed by atoms with E-state index in [0.717, 1.165) is 36.0 Å². The second-order valence-electron chi connectivity index (χ2n) is 6.81. The van der Waals surface area contributed by atoms with Crippen LogP contribution >= 0.6 is 0 Å². The minimum Gasteiger partial charge on any atom is -0.472 e. The number of aromatic amines is 1. The lowest BCUT2D eigenvalue weighted by atomic mass is 10.1. The summed E-state index contributed by atoms with van der Waals surface area (Å²) in [5.74, 6) is 1.33. The van der Waals surface area contributed by atoms with Gasteiger partial charge in [0.25, 0.3) is 5.91 Å². The zero-order valence-electron chi connectivity index (χ0n) is 15.0. The van der Waals surface area contributed by atoms with Gasteiger partial charge >= 0.3 is 0 Å². The van der Waals surface area contributed by atoms with Gasteiger partial charge in [0, 0.05) is 35.6 Å². The smallest absolute Gasteiger partial charge is 0.254 e. The number of amides is 1. The summed E-state index contributed by atoms with van der Waals surface area (Å²) in [5, 5.41) is 1.11. The Morgan fingerprint density at radius 3 is 2.96 bits per heavy atom. The van der Waals surface area contributed by atoms with Crippen LogP contribution in [0, 0.1) is 13.8 Å². The molecule has 1 atom stereocenters. The molecule has 0 bridgehead atoms. The van der Waals surface area contributed by atoms with Crippen molar-refractivity contribution in [3.63, 3.8) is 0 Å². The summed E-state index contributed by atoms with van der Waals surface area (Å²) in [5.41, 5.74) is 2.57. The number of nitrogens with one attached hydrogen (secondary N) is 1. The Labute approximate surface area is 152 Å². The minimum absolute atomic E-state index is 0.0457. The fourth-order valence-electron chi connectivity index (χ4n) is 3.50. The number of piperidine rings is 1. The van der Waals surface area contributed by atoms with E-state index in [4.69, 9.17) is 4.74 Å². The number of aromatic nitrogens is 3. The van der Waals surface area contributed by atoms with Gasteiger partial charge in [-0.05, 0) is 50.3 Å². The van der Waals surface area contributed by atoms with Crippen molar-refractivity contribution in [1.29, 1.82) is 0 Å². The third-order valence-electron chi connectivity index (χ3n) is 4.70. The van der Waals surface area contributed by atoms with Crippen LogP contribution in [0.2, 0.25) is 0 Å². The Hall–Kier alpha value is -2.89. The molecule has 1 fully saturated rings. The molecule has 6 heteroatoms. The van der Waals surface area contributed by atoms with Crippen LogP contribution in [-0.2, 0) is 0 Å². The van der Waals surface area contributed by atoms with Crippen LogP contribution in [-0.4, -0.2) is 45.0 Å². The van der Waals surface area contributed by atoms with E-state index in [1.54, 1.807) is 0 Å². The van der Waals surface area contributed by atoms with Crippen LogP contribution in [0.3, 0.4) is 0 Å². The van der Waals surface area contributed by atoms with E-state index in [1.165, 1.54) is 0 Å². The molecule has 26 heavy (non-hydrogen) atoms. The molecule has 0 saturated carbocycles. The SMILES string of the molecule is Cc1cc(OC2CCCN(C(=O)c3ccc4cc[nH]c4c3)C2)nc(C)n1. The van der Waals surface area contributed by atoms with E-state index in [9.17, 15) is 4.79 Å². The first kappa shape index (κ1) is 16.6. The monoisotopic (exact) mass is 350 g/mol. The average Bonchev–Trinajstić information content (AvgIpc) is 3.08. The summed E-state index contributed by atoms with van der Waals surface area (Å²) in [4.78, 5) is 26.6. The molecule has 1 saturated heterocycles. The Bertz CT molecular complexity index is 930. The van der Waals surface area contributed by atoms with Gasteiger partial charge in [-0.3, -0.25) is 4.79 Å². The molecule has 1 aliphatic heterocycles. The van der Waals surface area contributed by atoms with E-state index in [0.29, 0.717) is 23.8 Å². The maximum absolute atomic E-state index is 12.9. The van der Waals surface area contributed by atoms with Crippen LogP contribution in [0.5, 0.6) is 5.88 Å². The maximum Gasteiger partial charge on any atom is 0.254 e. The van der Waals surface area contributed by atoms with Crippen LogP contribution in [0.25, 0.3) is 10.9 Å². The molecule has 0 spiro atoms. The summed E-state index contributed by atoms with van der Waals surface area (Å²) in [6.07, 6.45) is 3.68. The van der Waals surface area contributed by atoms with E-state index in [-0.39, 0.29) is 12.0 Å². The maximum atomic E-state index is 12.9. The van der Waals surface area contributed by atoms with Crippen molar-refractivity contribution in [2.24, 2.45) is 0 Å². The van der Waals surface area contributed by atoms with Gasteiger partial charge in [-0.2, -0.15) is 4.98 Å². The number of rotatable bonds is 3. The summed E-state index contributed by atoms with van der Waals surface area (Å²) >= 11 is 0. The van der Waals surface area contributed by atoms with E-state index < -0.39 is 0 Å². The van der Waals surface area contributed by atoms with Gasteiger partial charge in [-0.1, -0.05) is 6.07 Å². The Balaban J connectivity index is 1.47. The normalized spacial score (nSPS) is 17.5. The largest absolute Gasteiger partial charge is 0.472 e. The van der Waals surface area contributed by atoms with Crippen LogP contribution < -0.4 is 4.74 Å². The first-order valence-corrected chi connectivity index (χ1v) is 8.94. The number of ether oxygens (including phenoxy) is 1. The molecule has 0 aliphatic carbocycles. The van der Waals surface area contributed by atoms with Crippen molar-refractivity contribution in [2.75, 3.05) is 13.1 Å². The van der Waals surface area contributed by atoms with Gasteiger partial charge in [0.1, 0.15) is 11.9 Å². The molecule has 1 aromatic carbocycles. The number of hydrogen-bond acceptors (Lipinski definition) is 4. The molecule has 2 aromatic heterocycles. The third kappa shape index (κ3) is 3.40. The number of carbonyl (C=O) groups is 1. The first-order chi connectivity index (χ1) is 12.6. The van der Waals surface area contributed by atoms with Gasteiger partial charge in [0.2, 0.25) is 5.88 Å². The number of fused-ring (bicyclic) bond motifs is 1. The lowest BCUT2D eigenvalue weighted by Gasteiger charge is -2.32. The summed E-state index contributed by atoms with van der Waals surface area (Å²) in [6.45, 7) is 5.11. The molecule has 1 N–H and O–H groups in total. The molecule has 1 unspecified atom stereocenters. The van der Waals surface area contributed by atoms with Gasteiger partial charge in [0.05, 0.1) is 6.54 Å². The molecule has 1 amide bonds. The van der Waals surface area contributed by atoms with Gasteiger partial charge in [0.15, 0.2) is 0 Å². The highest BCUT2D eigenvalue weighted by molar-refractivity contribution is 5.98. The zero-order chi connectivity index (χ0) is 18.1. The van der Waals surface area contributed by atoms with Crippen molar-refractivity contribution < 1.29 is 9.53 Å². The summed E-state index contributed by atoms with van der Waals surface area (Å²) in [7, 11) is 0. The first-order valence-electron chi connectivity index (χ1n) is 8.94. The zero-order valence-corrected chi connectivity index (χ0v) is 15.0. The number of benzene rings is 1. The molecule has 1 aliphatic rings. The molecular weight excluding hydrogens is 328 g/mol. The molecule has 134 valence electrons. The molecule has 4 rings (SSSR count). The van der Waals surface area contributed by atoms with E-state index in [1.807, 2.05) is 55.3 Å². The molecular formula is C20H22N4O2. The van der Waals surface area contributed by atoms with E-state index >= 15 is 0 Å². The average molecular weight is 350 g/mol. The Morgan fingerprint density at radius 2 is 2.12 bits per heavy atom. The van der Waals surface area contributed by atoms with Crippen molar-refractivity contribution in [2.45, 2.75) is 32.8 Å². The van der Waals surface area contributed by atoms with Crippen LogP contribution in [0.4, 0.5) is 0 Å². The fraction of sp³-hybridized carbons (Fsp3) is 0.350. The fourth-order valence-corrected chi connectivity index (χ4v) is 3.50. The third-order valence-corrected chi connectivity index (χ3v) is 4.70. The second kappa shape index (κ2) is 6.78. The van der Waals surface area contributed by atoms with Crippen molar-refractivity contribution in [3.8, 4) is 5.88 Å². The topological polar surface area (TPSA) is 71.1 Å². The number of likely N-dealkylation sites (tertiary alicyclic amines) is 1. The summed E-state index contributed by atoms with van der Waals surface area (Å²) in [6, 6.07) is 9.62. The lowest BCUT2D eigenvalue weighted by Crippen LogP contribution is -2.44. The van der Waals surface area contributed by atoms with Crippen LogP contribution in [0.1, 0.15) is 34.7 Å². The molecule has 3 heterocycles. The van der Waals surface area contributed by atoms with Gasteiger partial charge < -0.3 is 14.6 Å². The second-order valence-corrected chi connectivity index (χ2v) is 6.81. The van der Waals surface area contributed by atoms with E-state index in [2.05, 4.69) is 15.0 Å². The summed E-state index contributed by atoms with van der Waals surface area (Å²) < 4.78 is 6.04. The number of H-pyrrole nitrogens is 1. The number of nitrogens with zero attached hydrogens (tertiary/aromatic N) is 3. The molecule has 6 nitrogen and oxygen atoms in total. The highest BCUT2D eigenvalue weighted by atomic mass is 16.5. The Kier molecular flexibility index (Phi) is 4.32. The standard InChI is InChI=1S/C20H22N4O2/c1-13-10-19(23-14(2)22-13)26-17-4-3-9-24(12-17)20(25)16-6-5-15-7-8-21-18(15)11-16/h5-8,10-11,17,21H,3-4,9,12H2,1-2H3. The molecule has 0 radical (unpaired) electrons.